The molecule has 8 aromatic carbocycles. The van der Waals surface area contributed by atoms with Gasteiger partial charge in [-0.2, -0.15) is 0 Å². The molecule has 0 spiro atoms. The van der Waals surface area contributed by atoms with Gasteiger partial charge in [0.25, 0.3) is 0 Å². The van der Waals surface area contributed by atoms with Gasteiger partial charge in [0.05, 0.1) is 0 Å². The van der Waals surface area contributed by atoms with Gasteiger partial charge in [-0.15, -0.1) is 0 Å². The lowest BCUT2D eigenvalue weighted by atomic mass is 9.93. The van der Waals surface area contributed by atoms with E-state index in [-0.39, 0.29) is 0 Å². The molecule has 238 valence electrons. The fourth-order valence-corrected chi connectivity index (χ4v) is 7.27. The zero-order valence-electron chi connectivity index (χ0n) is 27.5. The van der Waals surface area contributed by atoms with Crippen molar-refractivity contribution in [3.8, 4) is 56.4 Å². The molecule has 2 aromatic heterocycles. The number of hydrogen-bond donors (Lipinski definition) is 0. The number of furan rings is 1. The number of para-hydroxylation sites is 1. The molecular weight excluding hydrogens is 623 g/mol. The van der Waals surface area contributed by atoms with E-state index in [9.17, 15) is 0 Å². The van der Waals surface area contributed by atoms with Gasteiger partial charge >= 0.3 is 0 Å². The monoisotopic (exact) mass is 651 g/mol. The normalized spacial score (nSPS) is 11.5. The molecule has 4 heteroatoms. The second-order valence-electron chi connectivity index (χ2n) is 12.8. The van der Waals surface area contributed by atoms with E-state index in [1.54, 1.807) is 0 Å². The summed E-state index contributed by atoms with van der Waals surface area (Å²) >= 11 is 0. The summed E-state index contributed by atoms with van der Waals surface area (Å²) in [5.41, 5.74) is 9.15. The first kappa shape index (κ1) is 29.0. The topological polar surface area (TPSA) is 51.8 Å². The van der Waals surface area contributed by atoms with Crippen LogP contribution in [-0.2, 0) is 0 Å². The quantitative estimate of drug-likeness (QED) is 0.186. The maximum atomic E-state index is 6.84. The van der Waals surface area contributed by atoms with Crippen LogP contribution in [0, 0.1) is 0 Å². The molecule has 10 rings (SSSR count). The SMILES string of the molecule is c1ccc(-c2nc(-c3ccccc3)nc(-c3ccc(-c4cc5c6cccc(-c7cccc8ccccc78)c6oc5c5ccccc45)cc3)n2)cc1. The lowest BCUT2D eigenvalue weighted by molar-refractivity contribution is 0.674. The summed E-state index contributed by atoms with van der Waals surface area (Å²) in [7, 11) is 0. The van der Waals surface area contributed by atoms with Crippen molar-refractivity contribution in [1.29, 1.82) is 0 Å². The summed E-state index contributed by atoms with van der Waals surface area (Å²) in [6, 6.07) is 61.0. The maximum Gasteiger partial charge on any atom is 0.164 e. The van der Waals surface area contributed by atoms with Gasteiger partial charge in [-0.05, 0) is 38.9 Å². The molecule has 4 nitrogen and oxygen atoms in total. The fourth-order valence-electron chi connectivity index (χ4n) is 7.27. The number of hydrogen-bond acceptors (Lipinski definition) is 4. The number of fused-ring (bicyclic) bond motifs is 6. The Morgan fingerprint density at radius 2 is 0.765 bits per heavy atom. The van der Waals surface area contributed by atoms with Crippen molar-refractivity contribution >= 4 is 43.5 Å². The first-order valence-electron chi connectivity index (χ1n) is 17.1. The van der Waals surface area contributed by atoms with E-state index in [1.165, 1.54) is 16.3 Å². The van der Waals surface area contributed by atoms with Crippen molar-refractivity contribution in [2.45, 2.75) is 0 Å². The molecule has 0 saturated heterocycles. The van der Waals surface area contributed by atoms with Crippen LogP contribution in [0.15, 0.2) is 180 Å². The second-order valence-corrected chi connectivity index (χ2v) is 12.8. The Labute approximate surface area is 294 Å². The molecule has 0 bridgehead atoms. The first-order chi connectivity index (χ1) is 25.3. The van der Waals surface area contributed by atoms with Crippen molar-refractivity contribution in [1.82, 2.24) is 15.0 Å². The van der Waals surface area contributed by atoms with Crippen LogP contribution in [0.3, 0.4) is 0 Å². The third-order valence-corrected chi connectivity index (χ3v) is 9.74. The molecule has 2 heterocycles. The van der Waals surface area contributed by atoms with Crippen LogP contribution in [0.25, 0.3) is 99.9 Å². The Kier molecular flexibility index (Phi) is 6.78. The Hall–Kier alpha value is -6.91. The smallest absolute Gasteiger partial charge is 0.164 e. The number of aromatic nitrogens is 3. The van der Waals surface area contributed by atoms with Crippen LogP contribution >= 0.6 is 0 Å². The van der Waals surface area contributed by atoms with Crippen molar-refractivity contribution in [3.05, 3.63) is 176 Å². The summed E-state index contributed by atoms with van der Waals surface area (Å²) in [6.07, 6.45) is 0. The molecule has 0 fully saturated rings. The highest BCUT2D eigenvalue weighted by molar-refractivity contribution is 6.21. The van der Waals surface area contributed by atoms with Crippen LogP contribution in [0.2, 0.25) is 0 Å². The van der Waals surface area contributed by atoms with Gasteiger partial charge in [-0.3, -0.25) is 0 Å². The minimum atomic E-state index is 0.636. The van der Waals surface area contributed by atoms with E-state index in [0.717, 1.165) is 66.1 Å². The molecule has 0 saturated carbocycles. The van der Waals surface area contributed by atoms with Crippen LogP contribution < -0.4 is 0 Å². The predicted octanol–water partition coefficient (Wildman–Crippen LogP) is 12.4. The molecule has 0 aliphatic rings. The molecule has 0 aliphatic carbocycles. The Bertz CT molecular complexity index is 2830. The average Bonchev–Trinajstić information content (AvgIpc) is 3.60. The van der Waals surface area contributed by atoms with E-state index >= 15 is 0 Å². The molecule has 0 radical (unpaired) electrons. The van der Waals surface area contributed by atoms with E-state index in [2.05, 4.69) is 115 Å². The van der Waals surface area contributed by atoms with Crippen LogP contribution in [0.1, 0.15) is 0 Å². The van der Waals surface area contributed by atoms with Crippen molar-refractivity contribution in [2.24, 2.45) is 0 Å². The zero-order chi connectivity index (χ0) is 33.7. The first-order valence-corrected chi connectivity index (χ1v) is 17.1. The molecule has 0 atom stereocenters. The standard InChI is InChI=1S/C47H29N3O/c1-3-14-32(15-4-1)45-48-46(33-16-5-2-6-17-33)50-47(49-45)34-27-25-31(26-28-34)41-29-42-40-24-12-23-39(36-22-11-18-30-13-7-8-19-35(30)36)43(40)51-44(42)38-21-10-9-20-37(38)41/h1-29H. The minimum absolute atomic E-state index is 0.636. The van der Waals surface area contributed by atoms with Gasteiger partial charge in [-0.1, -0.05) is 170 Å². The number of benzene rings is 8. The molecule has 0 amide bonds. The molecule has 0 N–H and O–H groups in total. The van der Waals surface area contributed by atoms with Gasteiger partial charge in [0.2, 0.25) is 0 Å². The van der Waals surface area contributed by atoms with E-state index < -0.39 is 0 Å². The maximum absolute atomic E-state index is 6.84. The second kappa shape index (κ2) is 11.9. The Morgan fingerprint density at radius 3 is 1.45 bits per heavy atom. The van der Waals surface area contributed by atoms with Gasteiger partial charge in [0.1, 0.15) is 11.2 Å². The van der Waals surface area contributed by atoms with Crippen LogP contribution in [-0.4, -0.2) is 15.0 Å². The van der Waals surface area contributed by atoms with E-state index in [1.807, 2.05) is 60.7 Å². The molecule has 51 heavy (non-hydrogen) atoms. The number of nitrogens with zero attached hydrogens (tertiary/aromatic N) is 3. The van der Waals surface area contributed by atoms with E-state index in [4.69, 9.17) is 19.4 Å². The van der Waals surface area contributed by atoms with Crippen molar-refractivity contribution in [2.75, 3.05) is 0 Å². The zero-order valence-corrected chi connectivity index (χ0v) is 27.5. The third-order valence-electron chi connectivity index (χ3n) is 9.74. The highest BCUT2D eigenvalue weighted by atomic mass is 16.3. The largest absolute Gasteiger partial charge is 0.455 e. The summed E-state index contributed by atoms with van der Waals surface area (Å²) < 4.78 is 6.84. The van der Waals surface area contributed by atoms with Crippen molar-refractivity contribution in [3.63, 3.8) is 0 Å². The van der Waals surface area contributed by atoms with Crippen molar-refractivity contribution < 1.29 is 4.42 Å². The Morgan fingerprint density at radius 1 is 0.294 bits per heavy atom. The van der Waals surface area contributed by atoms with Gasteiger partial charge < -0.3 is 4.42 Å². The summed E-state index contributed by atoms with van der Waals surface area (Å²) in [5, 5.41) is 6.86. The summed E-state index contributed by atoms with van der Waals surface area (Å²) in [5.74, 6) is 1.93. The van der Waals surface area contributed by atoms with Gasteiger partial charge in [0.15, 0.2) is 17.5 Å². The molecule has 10 aromatic rings. The van der Waals surface area contributed by atoms with E-state index in [0.29, 0.717) is 17.5 Å². The summed E-state index contributed by atoms with van der Waals surface area (Å²) in [4.78, 5) is 14.7. The highest BCUT2D eigenvalue weighted by Crippen LogP contribution is 2.43. The average molecular weight is 652 g/mol. The van der Waals surface area contributed by atoms with Crippen LogP contribution in [0.4, 0.5) is 0 Å². The highest BCUT2D eigenvalue weighted by Gasteiger charge is 2.19. The molecular formula is C47H29N3O. The van der Waals surface area contributed by atoms with Crippen LogP contribution in [0.5, 0.6) is 0 Å². The number of rotatable bonds is 5. The predicted molar refractivity (Wildman–Crippen MR) is 209 cm³/mol. The lowest BCUT2D eigenvalue weighted by Crippen LogP contribution is -2.00. The minimum Gasteiger partial charge on any atom is -0.455 e. The summed E-state index contributed by atoms with van der Waals surface area (Å²) in [6.45, 7) is 0. The fraction of sp³-hybridized carbons (Fsp3) is 0. The van der Waals surface area contributed by atoms with Gasteiger partial charge in [0, 0.05) is 38.4 Å². The molecule has 0 unspecified atom stereocenters. The Balaban J connectivity index is 1.12. The third kappa shape index (κ3) is 4.96. The van der Waals surface area contributed by atoms with Gasteiger partial charge in [-0.25, -0.2) is 15.0 Å². The molecule has 0 aliphatic heterocycles. The lowest BCUT2D eigenvalue weighted by Gasteiger charge is -2.10.